The number of hydrogen-bond donors (Lipinski definition) is 1. The Bertz CT molecular complexity index is 260. The molecule has 84 valence electrons. The SMILES string of the molecule is CN(C1CCOCC1)S(=O)(=O)CCN. The molecule has 1 aliphatic heterocycles. The highest BCUT2D eigenvalue weighted by Gasteiger charge is 2.26. The van der Waals surface area contributed by atoms with Gasteiger partial charge in [-0.25, -0.2) is 12.7 Å². The lowest BCUT2D eigenvalue weighted by molar-refractivity contribution is 0.0632. The van der Waals surface area contributed by atoms with Gasteiger partial charge in [0, 0.05) is 32.8 Å². The first-order chi connectivity index (χ1) is 6.58. The molecule has 1 rings (SSSR count). The van der Waals surface area contributed by atoms with Gasteiger partial charge in [0.05, 0.1) is 5.75 Å². The maximum Gasteiger partial charge on any atom is 0.215 e. The molecule has 0 aromatic carbocycles. The maximum absolute atomic E-state index is 11.6. The Kier molecular flexibility index (Phi) is 4.31. The summed E-state index contributed by atoms with van der Waals surface area (Å²) in [5.41, 5.74) is 5.25. The van der Waals surface area contributed by atoms with Gasteiger partial charge in [-0.3, -0.25) is 0 Å². The Labute approximate surface area is 85.3 Å². The summed E-state index contributed by atoms with van der Waals surface area (Å²) in [4.78, 5) is 0. The molecule has 0 bridgehead atoms. The van der Waals surface area contributed by atoms with E-state index in [9.17, 15) is 8.42 Å². The first-order valence-electron chi connectivity index (χ1n) is 4.81. The van der Waals surface area contributed by atoms with Crippen LogP contribution in [0.2, 0.25) is 0 Å². The van der Waals surface area contributed by atoms with Crippen LogP contribution in [0.5, 0.6) is 0 Å². The van der Waals surface area contributed by atoms with Gasteiger partial charge >= 0.3 is 0 Å². The summed E-state index contributed by atoms with van der Waals surface area (Å²) in [5.74, 6) is 0.0286. The van der Waals surface area contributed by atoms with E-state index >= 15 is 0 Å². The molecule has 0 amide bonds. The smallest absolute Gasteiger partial charge is 0.215 e. The molecule has 5 nitrogen and oxygen atoms in total. The van der Waals surface area contributed by atoms with Crippen molar-refractivity contribution in [1.29, 1.82) is 0 Å². The molecule has 14 heavy (non-hydrogen) atoms. The van der Waals surface area contributed by atoms with E-state index in [0.29, 0.717) is 13.2 Å². The highest BCUT2D eigenvalue weighted by atomic mass is 32.2. The van der Waals surface area contributed by atoms with Gasteiger partial charge < -0.3 is 10.5 Å². The van der Waals surface area contributed by atoms with Crippen LogP contribution in [0.1, 0.15) is 12.8 Å². The summed E-state index contributed by atoms with van der Waals surface area (Å²) < 4.78 is 29.9. The highest BCUT2D eigenvalue weighted by Crippen LogP contribution is 2.15. The zero-order valence-corrected chi connectivity index (χ0v) is 9.29. The second-order valence-electron chi connectivity index (χ2n) is 3.46. The van der Waals surface area contributed by atoms with Crippen LogP contribution in [0, 0.1) is 0 Å². The van der Waals surface area contributed by atoms with E-state index in [4.69, 9.17) is 10.5 Å². The average molecular weight is 222 g/mol. The summed E-state index contributed by atoms with van der Waals surface area (Å²) in [6.07, 6.45) is 1.56. The Balaban J connectivity index is 2.58. The van der Waals surface area contributed by atoms with Crippen LogP contribution < -0.4 is 5.73 Å². The number of sulfonamides is 1. The molecule has 0 atom stereocenters. The van der Waals surface area contributed by atoms with Gasteiger partial charge in [-0.15, -0.1) is 0 Å². The lowest BCUT2D eigenvalue weighted by Gasteiger charge is -2.30. The van der Waals surface area contributed by atoms with Crippen molar-refractivity contribution in [3.8, 4) is 0 Å². The van der Waals surface area contributed by atoms with Crippen LogP contribution in [0.3, 0.4) is 0 Å². The molecule has 0 radical (unpaired) electrons. The van der Waals surface area contributed by atoms with Gasteiger partial charge in [0.15, 0.2) is 0 Å². The van der Waals surface area contributed by atoms with Gasteiger partial charge in [-0.2, -0.15) is 0 Å². The predicted octanol–water partition coefficient (Wildman–Crippen LogP) is -0.614. The number of hydrogen-bond acceptors (Lipinski definition) is 4. The van der Waals surface area contributed by atoms with E-state index in [-0.39, 0.29) is 18.3 Å². The highest BCUT2D eigenvalue weighted by molar-refractivity contribution is 7.89. The summed E-state index contributed by atoms with van der Waals surface area (Å²) in [6, 6.07) is 0.0836. The first kappa shape index (κ1) is 11.9. The molecule has 0 spiro atoms. The molecule has 0 saturated carbocycles. The average Bonchev–Trinajstić information content (AvgIpc) is 2.18. The number of nitrogens with two attached hydrogens (primary N) is 1. The summed E-state index contributed by atoms with van der Waals surface area (Å²) in [6.45, 7) is 1.47. The summed E-state index contributed by atoms with van der Waals surface area (Å²) in [7, 11) is -1.53. The van der Waals surface area contributed by atoms with Crippen molar-refractivity contribution in [3.05, 3.63) is 0 Å². The van der Waals surface area contributed by atoms with Crippen LogP contribution >= 0.6 is 0 Å². The van der Waals surface area contributed by atoms with Crippen molar-refractivity contribution in [2.45, 2.75) is 18.9 Å². The number of nitrogens with zero attached hydrogens (tertiary/aromatic N) is 1. The largest absolute Gasteiger partial charge is 0.381 e. The normalized spacial score (nSPS) is 20.2. The molecule has 1 heterocycles. The molecule has 0 aliphatic carbocycles. The topological polar surface area (TPSA) is 72.6 Å². The monoisotopic (exact) mass is 222 g/mol. The van der Waals surface area contributed by atoms with Gasteiger partial charge in [-0.05, 0) is 12.8 Å². The molecule has 6 heteroatoms. The molecular formula is C8H18N2O3S. The van der Waals surface area contributed by atoms with Crippen molar-refractivity contribution in [3.63, 3.8) is 0 Å². The zero-order valence-electron chi connectivity index (χ0n) is 8.48. The van der Waals surface area contributed by atoms with E-state index < -0.39 is 10.0 Å². The first-order valence-corrected chi connectivity index (χ1v) is 6.42. The summed E-state index contributed by atoms with van der Waals surface area (Å²) in [5, 5.41) is 0. The third-order valence-electron chi connectivity index (χ3n) is 2.52. The van der Waals surface area contributed by atoms with E-state index in [0.717, 1.165) is 12.8 Å². The quantitative estimate of drug-likeness (QED) is 0.688. The summed E-state index contributed by atoms with van der Waals surface area (Å²) >= 11 is 0. The Morgan fingerprint density at radius 2 is 2.00 bits per heavy atom. The third kappa shape index (κ3) is 2.91. The maximum atomic E-state index is 11.6. The van der Waals surface area contributed by atoms with E-state index in [1.165, 1.54) is 4.31 Å². The predicted molar refractivity (Wildman–Crippen MR) is 54.4 cm³/mol. The lowest BCUT2D eigenvalue weighted by atomic mass is 10.1. The van der Waals surface area contributed by atoms with Gasteiger partial charge in [0.25, 0.3) is 0 Å². The van der Waals surface area contributed by atoms with Crippen LogP contribution in [0.25, 0.3) is 0 Å². The molecule has 0 unspecified atom stereocenters. The lowest BCUT2D eigenvalue weighted by Crippen LogP contribution is -2.42. The number of ether oxygens (including phenoxy) is 1. The molecule has 2 N–H and O–H groups in total. The second kappa shape index (κ2) is 5.06. The van der Waals surface area contributed by atoms with Crippen LogP contribution in [0.4, 0.5) is 0 Å². The van der Waals surface area contributed by atoms with E-state index in [1.54, 1.807) is 7.05 Å². The zero-order chi connectivity index (χ0) is 10.6. The van der Waals surface area contributed by atoms with E-state index in [1.807, 2.05) is 0 Å². The van der Waals surface area contributed by atoms with Gasteiger partial charge in [0.2, 0.25) is 10.0 Å². The van der Waals surface area contributed by atoms with Crippen molar-refractivity contribution in [2.75, 3.05) is 32.6 Å². The Morgan fingerprint density at radius 3 is 2.50 bits per heavy atom. The second-order valence-corrected chi connectivity index (χ2v) is 5.61. The fourth-order valence-corrected chi connectivity index (χ4v) is 2.82. The number of rotatable bonds is 4. The minimum absolute atomic E-state index is 0.0286. The molecular weight excluding hydrogens is 204 g/mol. The molecule has 1 fully saturated rings. The minimum atomic E-state index is -3.16. The fourth-order valence-electron chi connectivity index (χ4n) is 1.57. The Hall–Kier alpha value is -0.170. The third-order valence-corrected chi connectivity index (χ3v) is 4.45. The molecule has 0 aromatic rings. The van der Waals surface area contributed by atoms with Crippen LogP contribution in [0.15, 0.2) is 0 Å². The standard InChI is InChI=1S/C8H18N2O3S/c1-10(14(11,12)7-4-9)8-2-5-13-6-3-8/h8H,2-7,9H2,1H3. The molecule has 1 aliphatic rings. The minimum Gasteiger partial charge on any atom is -0.381 e. The fraction of sp³-hybridized carbons (Fsp3) is 1.00. The van der Waals surface area contributed by atoms with Crippen LogP contribution in [-0.2, 0) is 14.8 Å². The van der Waals surface area contributed by atoms with Crippen molar-refractivity contribution in [1.82, 2.24) is 4.31 Å². The van der Waals surface area contributed by atoms with Crippen molar-refractivity contribution < 1.29 is 13.2 Å². The van der Waals surface area contributed by atoms with Crippen molar-refractivity contribution >= 4 is 10.0 Å². The van der Waals surface area contributed by atoms with Crippen LogP contribution in [-0.4, -0.2) is 51.3 Å². The van der Waals surface area contributed by atoms with Gasteiger partial charge in [0.1, 0.15) is 0 Å². The van der Waals surface area contributed by atoms with Gasteiger partial charge in [-0.1, -0.05) is 0 Å². The van der Waals surface area contributed by atoms with Crippen molar-refractivity contribution in [2.24, 2.45) is 5.73 Å². The molecule has 0 aromatic heterocycles. The van der Waals surface area contributed by atoms with E-state index in [2.05, 4.69) is 0 Å². The Morgan fingerprint density at radius 1 is 1.43 bits per heavy atom. The molecule has 1 saturated heterocycles.